The van der Waals surface area contributed by atoms with Crippen LogP contribution in [0.25, 0.3) is 26.9 Å². The second-order valence-electron chi connectivity index (χ2n) is 5.37. The number of thioether (sulfide) groups is 1. The maximum Gasteiger partial charge on any atom is 0.146 e. The fourth-order valence-electron chi connectivity index (χ4n) is 2.47. The molecule has 3 aromatic heterocycles. The molecule has 4 rings (SSSR count). The highest BCUT2D eigenvalue weighted by Crippen LogP contribution is 2.36. The molecule has 3 heterocycles. The smallest absolute Gasteiger partial charge is 0.146 e. The molecule has 1 aromatic carbocycles. The molecule has 0 atom stereocenters. The average Bonchev–Trinajstić information content (AvgIpc) is 3.29. The number of rotatable bonds is 5. The molecule has 6 heteroatoms. The van der Waals surface area contributed by atoms with Crippen molar-refractivity contribution >= 4 is 50.7 Å². The summed E-state index contributed by atoms with van der Waals surface area (Å²) in [6, 6.07) is 14.4. The van der Waals surface area contributed by atoms with Crippen molar-refractivity contribution in [3.05, 3.63) is 64.5 Å². The van der Waals surface area contributed by atoms with E-state index in [1.165, 1.54) is 5.56 Å². The Kier molecular flexibility index (Phi) is 4.92. The van der Waals surface area contributed by atoms with Gasteiger partial charge in [-0.25, -0.2) is 4.98 Å². The Morgan fingerprint density at radius 2 is 1.96 bits per heavy atom. The number of hydrogen-bond donors (Lipinski definition) is 0. The molecule has 0 aliphatic heterocycles. The molecule has 0 aliphatic rings. The van der Waals surface area contributed by atoms with Gasteiger partial charge in [0.15, 0.2) is 0 Å². The predicted octanol–water partition coefficient (Wildman–Crippen LogP) is 5.93. The zero-order valence-corrected chi connectivity index (χ0v) is 16.0. The SMILES string of the molecule is Cc1nc2c(SC/C=C/c3ccccc3)nnc(-c3cccs3)c2s1. The van der Waals surface area contributed by atoms with Crippen molar-refractivity contribution in [1.29, 1.82) is 0 Å². The Balaban J connectivity index is 1.58. The molecule has 0 saturated carbocycles. The van der Waals surface area contributed by atoms with E-state index in [4.69, 9.17) is 4.98 Å². The maximum atomic E-state index is 4.70. The second-order valence-corrected chi connectivity index (χ2v) is 8.53. The van der Waals surface area contributed by atoms with Gasteiger partial charge in [-0.15, -0.1) is 32.9 Å². The normalized spacial score (nSPS) is 11.6. The number of hydrogen-bond acceptors (Lipinski definition) is 6. The van der Waals surface area contributed by atoms with Gasteiger partial charge in [0, 0.05) is 5.75 Å². The van der Waals surface area contributed by atoms with Crippen LogP contribution in [0.2, 0.25) is 0 Å². The van der Waals surface area contributed by atoms with Crippen molar-refractivity contribution in [2.75, 3.05) is 5.75 Å². The highest BCUT2D eigenvalue weighted by molar-refractivity contribution is 7.99. The van der Waals surface area contributed by atoms with Crippen molar-refractivity contribution in [2.45, 2.75) is 11.9 Å². The van der Waals surface area contributed by atoms with E-state index in [0.29, 0.717) is 0 Å². The third kappa shape index (κ3) is 3.66. The van der Waals surface area contributed by atoms with Crippen molar-refractivity contribution in [3.8, 4) is 10.6 Å². The monoisotopic (exact) mass is 381 g/mol. The molecule has 124 valence electrons. The van der Waals surface area contributed by atoms with Crippen LogP contribution in [0, 0.1) is 6.92 Å². The highest BCUT2D eigenvalue weighted by Gasteiger charge is 2.15. The molecule has 0 saturated heterocycles. The minimum Gasteiger partial charge on any atom is -0.238 e. The zero-order chi connectivity index (χ0) is 17.1. The molecule has 0 bridgehead atoms. The van der Waals surface area contributed by atoms with E-state index in [2.05, 4.69) is 45.9 Å². The highest BCUT2D eigenvalue weighted by atomic mass is 32.2. The lowest BCUT2D eigenvalue weighted by Crippen LogP contribution is -1.91. The van der Waals surface area contributed by atoms with Gasteiger partial charge in [0.25, 0.3) is 0 Å². The average molecular weight is 382 g/mol. The van der Waals surface area contributed by atoms with Gasteiger partial charge in [-0.2, -0.15) is 0 Å². The molecule has 0 fully saturated rings. The number of aromatic nitrogens is 3. The van der Waals surface area contributed by atoms with Gasteiger partial charge in [-0.1, -0.05) is 60.3 Å². The van der Waals surface area contributed by atoms with Crippen LogP contribution in [0.1, 0.15) is 10.6 Å². The Hall–Kier alpha value is -2.02. The van der Waals surface area contributed by atoms with Crippen LogP contribution in [0.15, 0.2) is 58.9 Å². The van der Waals surface area contributed by atoms with Crippen LogP contribution in [-0.4, -0.2) is 20.9 Å². The summed E-state index contributed by atoms with van der Waals surface area (Å²) in [7, 11) is 0. The summed E-state index contributed by atoms with van der Waals surface area (Å²) in [5.74, 6) is 0.841. The first-order chi connectivity index (χ1) is 12.3. The van der Waals surface area contributed by atoms with Gasteiger partial charge >= 0.3 is 0 Å². The van der Waals surface area contributed by atoms with E-state index in [1.807, 2.05) is 31.2 Å². The molecular weight excluding hydrogens is 366 g/mol. The molecule has 0 aliphatic carbocycles. The summed E-state index contributed by atoms with van der Waals surface area (Å²) in [6.07, 6.45) is 4.28. The van der Waals surface area contributed by atoms with Crippen molar-refractivity contribution in [1.82, 2.24) is 15.2 Å². The van der Waals surface area contributed by atoms with Crippen LogP contribution in [-0.2, 0) is 0 Å². The van der Waals surface area contributed by atoms with Gasteiger partial charge in [-0.3, -0.25) is 0 Å². The lowest BCUT2D eigenvalue weighted by atomic mass is 10.2. The van der Waals surface area contributed by atoms with E-state index < -0.39 is 0 Å². The van der Waals surface area contributed by atoms with E-state index in [9.17, 15) is 0 Å². The first kappa shape index (κ1) is 16.4. The van der Waals surface area contributed by atoms with E-state index in [-0.39, 0.29) is 0 Å². The first-order valence-electron chi connectivity index (χ1n) is 7.83. The van der Waals surface area contributed by atoms with Crippen molar-refractivity contribution in [2.24, 2.45) is 0 Å². The fraction of sp³-hybridized carbons (Fsp3) is 0.105. The van der Waals surface area contributed by atoms with Crippen LogP contribution in [0.5, 0.6) is 0 Å². The Labute approximate surface area is 158 Å². The second kappa shape index (κ2) is 7.47. The third-order valence-corrected chi connectivity index (χ3v) is 6.33. The molecule has 25 heavy (non-hydrogen) atoms. The number of nitrogens with zero attached hydrogens (tertiary/aromatic N) is 3. The minimum atomic E-state index is 0.841. The van der Waals surface area contributed by atoms with Gasteiger partial charge in [0.05, 0.1) is 14.6 Å². The van der Waals surface area contributed by atoms with Gasteiger partial charge in [0.2, 0.25) is 0 Å². The molecule has 0 unspecified atom stereocenters. The molecule has 0 amide bonds. The summed E-state index contributed by atoms with van der Waals surface area (Å²) in [5, 5.41) is 12.9. The summed E-state index contributed by atoms with van der Waals surface area (Å²) in [4.78, 5) is 5.84. The molecule has 4 aromatic rings. The largest absolute Gasteiger partial charge is 0.238 e. The van der Waals surface area contributed by atoms with Crippen LogP contribution in [0.3, 0.4) is 0 Å². The molecule has 0 N–H and O–H groups in total. The summed E-state index contributed by atoms with van der Waals surface area (Å²) in [5.41, 5.74) is 3.12. The van der Waals surface area contributed by atoms with E-state index in [0.717, 1.165) is 36.6 Å². The molecule has 0 spiro atoms. The topological polar surface area (TPSA) is 38.7 Å². The summed E-state index contributed by atoms with van der Waals surface area (Å²) >= 11 is 5.05. The standard InChI is InChI=1S/C19H15N3S3/c1-13-20-17-18(25-13)16(15-10-6-11-23-15)21-22-19(17)24-12-5-9-14-7-3-2-4-8-14/h2-11H,12H2,1H3/b9-5+. The number of fused-ring (bicyclic) bond motifs is 1. The molecule has 0 radical (unpaired) electrons. The van der Waals surface area contributed by atoms with Crippen molar-refractivity contribution in [3.63, 3.8) is 0 Å². The quantitative estimate of drug-likeness (QED) is 0.402. The minimum absolute atomic E-state index is 0.841. The lowest BCUT2D eigenvalue weighted by molar-refractivity contribution is 0.958. The Morgan fingerprint density at radius 1 is 1.08 bits per heavy atom. The number of thiophene rings is 1. The van der Waals surface area contributed by atoms with Crippen LogP contribution in [0.4, 0.5) is 0 Å². The van der Waals surface area contributed by atoms with Crippen molar-refractivity contribution < 1.29 is 0 Å². The zero-order valence-electron chi connectivity index (χ0n) is 13.5. The number of benzene rings is 1. The summed E-state index contributed by atoms with van der Waals surface area (Å²) in [6.45, 7) is 2.03. The number of thiazole rings is 1. The fourth-order valence-corrected chi connectivity index (χ4v) is 4.96. The first-order valence-corrected chi connectivity index (χ1v) is 10.5. The summed E-state index contributed by atoms with van der Waals surface area (Å²) < 4.78 is 1.13. The Bertz CT molecular complexity index is 1010. The van der Waals surface area contributed by atoms with Crippen LogP contribution < -0.4 is 0 Å². The van der Waals surface area contributed by atoms with Gasteiger partial charge in [0.1, 0.15) is 16.2 Å². The number of aryl methyl sites for hydroxylation is 1. The molecular formula is C19H15N3S3. The Morgan fingerprint density at radius 3 is 2.76 bits per heavy atom. The molecule has 3 nitrogen and oxygen atoms in total. The lowest BCUT2D eigenvalue weighted by Gasteiger charge is -2.02. The van der Waals surface area contributed by atoms with Gasteiger partial charge < -0.3 is 0 Å². The van der Waals surface area contributed by atoms with E-state index in [1.54, 1.807) is 34.4 Å². The van der Waals surface area contributed by atoms with Crippen LogP contribution >= 0.6 is 34.4 Å². The van der Waals surface area contributed by atoms with Gasteiger partial charge in [-0.05, 0) is 23.9 Å². The maximum absolute atomic E-state index is 4.70. The predicted molar refractivity (Wildman–Crippen MR) is 109 cm³/mol. The van der Waals surface area contributed by atoms with E-state index >= 15 is 0 Å². The third-order valence-electron chi connectivity index (χ3n) is 3.57.